The fourth-order valence-electron chi connectivity index (χ4n) is 5.66. The molecule has 1 saturated heterocycles. The van der Waals surface area contributed by atoms with Crippen LogP contribution in [0.3, 0.4) is 0 Å². The normalized spacial score (nSPS) is 32.0. The summed E-state index contributed by atoms with van der Waals surface area (Å²) in [7, 11) is 0. The molecule has 190 valence electrons. The van der Waals surface area contributed by atoms with E-state index in [4.69, 9.17) is 4.74 Å². The Kier molecular flexibility index (Phi) is 6.69. The van der Waals surface area contributed by atoms with Crippen molar-refractivity contribution < 1.29 is 24.2 Å². The predicted molar refractivity (Wildman–Crippen MR) is 134 cm³/mol. The van der Waals surface area contributed by atoms with Gasteiger partial charge in [0.25, 0.3) is 0 Å². The third-order valence-corrected chi connectivity index (χ3v) is 7.86. The van der Waals surface area contributed by atoms with Crippen LogP contribution in [0.5, 0.6) is 5.75 Å². The van der Waals surface area contributed by atoms with Crippen molar-refractivity contribution in [1.29, 1.82) is 0 Å². The van der Waals surface area contributed by atoms with Crippen molar-refractivity contribution in [3.8, 4) is 5.75 Å². The summed E-state index contributed by atoms with van der Waals surface area (Å²) in [5.41, 5.74) is -0.436. The molecule has 8 nitrogen and oxygen atoms in total. The number of allylic oxidation sites excluding steroid dienone is 2. The van der Waals surface area contributed by atoms with Gasteiger partial charge in [-0.1, -0.05) is 31.2 Å². The monoisotopic (exact) mass is 491 g/mol. The first-order chi connectivity index (χ1) is 17.4. The van der Waals surface area contributed by atoms with Gasteiger partial charge in [-0.25, -0.2) is 4.79 Å². The summed E-state index contributed by atoms with van der Waals surface area (Å²) in [6, 6.07) is 8.70. The van der Waals surface area contributed by atoms with E-state index in [1.165, 1.54) is 0 Å². The molecule has 8 heteroatoms. The van der Waals surface area contributed by atoms with Gasteiger partial charge in [0.1, 0.15) is 23.4 Å². The van der Waals surface area contributed by atoms with Crippen molar-refractivity contribution in [3.63, 3.8) is 0 Å². The number of hydrogen-bond donors (Lipinski definition) is 2. The maximum Gasteiger partial charge on any atom is 0.329 e. The Morgan fingerprint density at radius 3 is 2.81 bits per heavy atom. The molecule has 0 radical (unpaired) electrons. The average Bonchev–Trinajstić information content (AvgIpc) is 3.40. The topological polar surface area (TPSA) is 109 Å². The molecule has 2 N–H and O–H groups in total. The molecule has 0 spiro atoms. The third-order valence-electron chi connectivity index (χ3n) is 7.86. The van der Waals surface area contributed by atoms with Crippen molar-refractivity contribution >= 4 is 28.7 Å². The lowest BCUT2D eigenvalue weighted by Crippen LogP contribution is -2.53. The summed E-state index contributed by atoms with van der Waals surface area (Å²) in [6.45, 7) is 2.18. The Morgan fingerprint density at radius 2 is 1.97 bits per heavy atom. The highest BCUT2D eigenvalue weighted by Gasteiger charge is 2.61. The number of fused-ring (bicyclic) bond motifs is 3. The summed E-state index contributed by atoms with van der Waals surface area (Å²) in [4.78, 5) is 45.1. The molecule has 1 aromatic carbocycles. The summed E-state index contributed by atoms with van der Waals surface area (Å²) in [5, 5.41) is 13.6. The molecule has 36 heavy (non-hydrogen) atoms. The van der Waals surface area contributed by atoms with Crippen molar-refractivity contribution in [2.75, 3.05) is 6.54 Å². The number of pyridine rings is 1. The largest absolute Gasteiger partial charge is 0.488 e. The highest BCUT2D eigenvalue weighted by atomic mass is 16.5. The first-order valence-electron chi connectivity index (χ1n) is 12.9. The lowest BCUT2D eigenvalue weighted by atomic mass is 10.0. The number of hydrogen-bond acceptors (Lipinski definition) is 5. The molecule has 2 aromatic rings. The number of rotatable bonds is 3. The van der Waals surface area contributed by atoms with Crippen LogP contribution in [0.1, 0.15) is 51.9 Å². The lowest BCUT2D eigenvalue weighted by Gasteiger charge is -2.28. The Morgan fingerprint density at radius 1 is 1.17 bits per heavy atom. The van der Waals surface area contributed by atoms with Gasteiger partial charge in [0.05, 0.1) is 12.1 Å². The number of carbonyl (C=O) groups is 3. The number of aromatic nitrogens is 1. The van der Waals surface area contributed by atoms with Crippen LogP contribution in [0.25, 0.3) is 10.9 Å². The molecule has 1 aliphatic carbocycles. The van der Waals surface area contributed by atoms with Gasteiger partial charge in [-0.2, -0.15) is 0 Å². The second-order valence-electron chi connectivity index (χ2n) is 10.4. The van der Waals surface area contributed by atoms with Crippen molar-refractivity contribution in [3.05, 3.63) is 48.7 Å². The first-order valence-corrected chi connectivity index (χ1v) is 12.9. The number of amides is 2. The van der Waals surface area contributed by atoms with Gasteiger partial charge < -0.3 is 20.1 Å². The second kappa shape index (κ2) is 9.91. The van der Waals surface area contributed by atoms with E-state index in [-0.39, 0.29) is 30.4 Å². The number of carboxylic acids is 1. The van der Waals surface area contributed by atoms with Gasteiger partial charge in [0.15, 0.2) is 0 Å². The fourth-order valence-corrected chi connectivity index (χ4v) is 5.66. The molecule has 1 aromatic heterocycles. The zero-order chi connectivity index (χ0) is 25.3. The maximum atomic E-state index is 13.5. The van der Waals surface area contributed by atoms with E-state index in [0.29, 0.717) is 25.0 Å². The van der Waals surface area contributed by atoms with Crippen LogP contribution in [0.15, 0.2) is 48.7 Å². The maximum absolute atomic E-state index is 13.5. The van der Waals surface area contributed by atoms with E-state index in [2.05, 4.69) is 22.5 Å². The molecule has 3 heterocycles. The van der Waals surface area contributed by atoms with Crippen molar-refractivity contribution in [1.82, 2.24) is 15.2 Å². The summed E-state index contributed by atoms with van der Waals surface area (Å²) in [5.74, 6) is -1.18. The predicted octanol–water partition coefficient (Wildman–Crippen LogP) is 3.70. The molecule has 2 fully saturated rings. The van der Waals surface area contributed by atoms with E-state index < -0.39 is 23.5 Å². The SMILES string of the molecule is C[C@H]1CCC/C=C/CC[C@H]2C[C@@]2(C(=O)O)NC(=O)[C@@H]2CC(Oc3ccnc4ccccc34)CN2C1=O. The molecule has 5 atom stereocenters. The molecule has 0 bridgehead atoms. The van der Waals surface area contributed by atoms with E-state index in [9.17, 15) is 19.5 Å². The Bertz CT molecular complexity index is 1190. The van der Waals surface area contributed by atoms with E-state index in [0.717, 1.165) is 36.6 Å². The third kappa shape index (κ3) is 4.68. The van der Waals surface area contributed by atoms with E-state index in [1.807, 2.05) is 31.2 Å². The minimum absolute atomic E-state index is 0.0867. The van der Waals surface area contributed by atoms with Crippen LogP contribution in [0, 0.1) is 11.8 Å². The van der Waals surface area contributed by atoms with Crippen LogP contribution in [0.2, 0.25) is 0 Å². The van der Waals surface area contributed by atoms with Crippen LogP contribution >= 0.6 is 0 Å². The zero-order valence-electron chi connectivity index (χ0n) is 20.6. The quantitative estimate of drug-likeness (QED) is 0.634. The fraction of sp³-hybridized carbons (Fsp3) is 0.500. The Balaban J connectivity index is 1.40. The Labute approximate surface area is 210 Å². The molecule has 3 aliphatic rings. The molecule has 2 aliphatic heterocycles. The molecule has 5 rings (SSSR count). The summed E-state index contributed by atoms with van der Waals surface area (Å²) < 4.78 is 6.33. The highest BCUT2D eigenvalue weighted by Crippen LogP contribution is 2.47. The van der Waals surface area contributed by atoms with Gasteiger partial charge >= 0.3 is 5.97 Å². The van der Waals surface area contributed by atoms with Gasteiger partial charge in [-0.15, -0.1) is 0 Å². The van der Waals surface area contributed by atoms with Crippen LogP contribution in [-0.4, -0.2) is 57.0 Å². The number of benzene rings is 1. The molecule has 2 amide bonds. The number of nitrogens with one attached hydrogen (secondary N) is 1. The van der Waals surface area contributed by atoms with Gasteiger partial charge in [-0.3, -0.25) is 14.6 Å². The zero-order valence-corrected chi connectivity index (χ0v) is 20.6. The number of aliphatic carboxylic acids is 1. The molecular weight excluding hydrogens is 458 g/mol. The minimum Gasteiger partial charge on any atom is -0.488 e. The number of ether oxygens (including phenoxy) is 1. The smallest absolute Gasteiger partial charge is 0.329 e. The van der Waals surface area contributed by atoms with Gasteiger partial charge in [-0.05, 0) is 62.6 Å². The summed E-state index contributed by atoms with van der Waals surface area (Å²) >= 11 is 0. The lowest BCUT2D eigenvalue weighted by molar-refractivity contribution is -0.146. The average molecular weight is 492 g/mol. The van der Waals surface area contributed by atoms with Crippen LogP contribution in [-0.2, 0) is 14.4 Å². The van der Waals surface area contributed by atoms with Crippen LogP contribution in [0.4, 0.5) is 0 Å². The highest BCUT2D eigenvalue weighted by molar-refractivity contribution is 5.95. The summed E-state index contributed by atoms with van der Waals surface area (Å²) in [6.07, 6.45) is 10.2. The van der Waals surface area contributed by atoms with Crippen molar-refractivity contribution in [2.45, 2.75) is 69.6 Å². The van der Waals surface area contributed by atoms with E-state index in [1.54, 1.807) is 17.2 Å². The molecule has 1 saturated carbocycles. The number of carbonyl (C=O) groups excluding carboxylic acids is 2. The first kappa shape index (κ1) is 24.3. The number of carboxylic acid groups (broad SMARTS) is 1. The number of para-hydroxylation sites is 1. The molecule has 1 unspecified atom stereocenters. The standard InChI is InChI=1S/C28H33N3O5/c1-18-9-5-3-2-4-6-10-19-16-28(19,27(34)35)30-25(32)23-15-20(17-31(23)26(18)33)36-24-13-14-29-22-12-8-7-11-21(22)24/h2,4,7-8,11-14,18-20,23H,3,5-6,9-10,15-17H2,1H3,(H,30,32)(H,34,35)/b4-2+/t18-,19-,20?,23-,28+/m0/s1. The van der Waals surface area contributed by atoms with Crippen molar-refractivity contribution in [2.24, 2.45) is 11.8 Å². The molecular formula is C28H33N3O5. The van der Waals surface area contributed by atoms with Gasteiger partial charge in [0.2, 0.25) is 11.8 Å². The van der Waals surface area contributed by atoms with Gasteiger partial charge in [0, 0.05) is 23.9 Å². The number of nitrogens with zero attached hydrogens (tertiary/aromatic N) is 2. The second-order valence-corrected chi connectivity index (χ2v) is 10.4. The van der Waals surface area contributed by atoms with E-state index >= 15 is 0 Å². The minimum atomic E-state index is -1.24. The van der Waals surface area contributed by atoms with Crippen LogP contribution < -0.4 is 10.1 Å². The Hall–Kier alpha value is -3.42.